The highest BCUT2D eigenvalue weighted by molar-refractivity contribution is 5.84. The Bertz CT molecular complexity index is 550. The van der Waals surface area contributed by atoms with Crippen LogP contribution in [0.3, 0.4) is 0 Å². The lowest BCUT2D eigenvalue weighted by molar-refractivity contribution is -0.384. The smallest absolute Gasteiger partial charge is 0.276 e. The first kappa shape index (κ1) is 15.0. The summed E-state index contributed by atoms with van der Waals surface area (Å²) >= 11 is 0. The fourth-order valence-corrected chi connectivity index (χ4v) is 2.14. The van der Waals surface area contributed by atoms with Crippen LogP contribution in [0, 0.1) is 10.1 Å². The standard InChI is InChI=1S/C12H17N5O4/c1-2-14-10-5-8(17(19)20)6-11(15-10)16-3-4-21-7-9(16)12(13)18/h5-6,9H,2-4,7H2,1H3,(H2,13,18)(H,14,15). The number of pyridine rings is 1. The Balaban J connectivity index is 2.40. The third-order valence-corrected chi connectivity index (χ3v) is 3.12. The molecule has 9 nitrogen and oxygen atoms in total. The van der Waals surface area contributed by atoms with E-state index in [0.29, 0.717) is 31.3 Å². The number of nitro groups is 1. The number of rotatable bonds is 5. The van der Waals surface area contributed by atoms with Gasteiger partial charge in [0.05, 0.1) is 30.3 Å². The summed E-state index contributed by atoms with van der Waals surface area (Å²) in [4.78, 5) is 28.0. The minimum absolute atomic E-state index is 0.0920. The van der Waals surface area contributed by atoms with Crippen LogP contribution < -0.4 is 16.0 Å². The minimum atomic E-state index is -0.678. The number of primary amides is 1. The number of nitrogens with one attached hydrogen (secondary N) is 1. The molecule has 1 fully saturated rings. The van der Waals surface area contributed by atoms with Crippen molar-refractivity contribution >= 4 is 23.2 Å². The summed E-state index contributed by atoms with van der Waals surface area (Å²) in [5.41, 5.74) is 5.26. The largest absolute Gasteiger partial charge is 0.377 e. The fraction of sp³-hybridized carbons (Fsp3) is 0.500. The highest BCUT2D eigenvalue weighted by Gasteiger charge is 2.30. The molecular weight excluding hydrogens is 278 g/mol. The second kappa shape index (κ2) is 6.35. The summed E-state index contributed by atoms with van der Waals surface area (Å²) in [6.07, 6.45) is 0. The van der Waals surface area contributed by atoms with Gasteiger partial charge in [0.2, 0.25) is 5.91 Å². The van der Waals surface area contributed by atoms with Gasteiger partial charge in [0.25, 0.3) is 5.69 Å². The molecule has 9 heteroatoms. The third-order valence-electron chi connectivity index (χ3n) is 3.12. The van der Waals surface area contributed by atoms with Crippen molar-refractivity contribution < 1.29 is 14.5 Å². The fourth-order valence-electron chi connectivity index (χ4n) is 2.14. The van der Waals surface area contributed by atoms with E-state index < -0.39 is 16.9 Å². The van der Waals surface area contributed by atoms with E-state index in [2.05, 4.69) is 10.3 Å². The van der Waals surface area contributed by atoms with Crippen LogP contribution >= 0.6 is 0 Å². The Kier molecular flexibility index (Phi) is 4.53. The first-order chi connectivity index (χ1) is 10.0. The number of nitrogens with zero attached hydrogens (tertiary/aromatic N) is 3. The van der Waals surface area contributed by atoms with Crippen LogP contribution in [0.15, 0.2) is 12.1 Å². The van der Waals surface area contributed by atoms with Crippen molar-refractivity contribution in [2.45, 2.75) is 13.0 Å². The van der Waals surface area contributed by atoms with Gasteiger partial charge in [-0.05, 0) is 6.92 Å². The number of morpholine rings is 1. The van der Waals surface area contributed by atoms with Crippen molar-refractivity contribution in [1.29, 1.82) is 0 Å². The highest BCUT2D eigenvalue weighted by atomic mass is 16.6. The number of hydrogen-bond donors (Lipinski definition) is 2. The van der Waals surface area contributed by atoms with Crippen LogP contribution in [0.4, 0.5) is 17.3 Å². The number of hydrogen-bond acceptors (Lipinski definition) is 7. The van der Waals surface area contributed by atoms with Crippen molar-refractivity contribution in [1.82, 2.24) is 4.98 Å². The number of amides is 1. The van der Waals surface area contributed by atoms with Gasteiger partial charge in [-0.25, -0.2) is 4.98 Å². The SMILES string of the molecule is CCNc1cc([N+](=O)[O-])cc(N2CCOCC2C(N)=O)n1. The second-order valence-electron chi connectivity index (χ2n) is 4.54. The van der Waals surface area contributed by atoms with Gasteiger partial charge in [0.15, 0.2) is 0 Å². The van der Waals surface area contributed by atoms with Gasteiger partial charge in [0.1, 0.15) is 17.7 Å². The van der Waals surface area contributed by atoms with E-state index >= 15 is 0 Å². The Morgan fingerprint density at radius 1 is 1.67 bits per heavy atom. The molecule has 0 saturated carbocycles. The molecule has 1 saturated heterocycles. The Hall–Kier alpha value is -2.42. The van der Waals surface area contributed by atoms with Crippen molar-refractivity contribution in [2.24, 2.45) is 5.73 Å². The van der Waals surface area contributed by atoms with Gasteiger partial charge in [0, 0.05) is 13.1 Å². The number of ether oxygens (including phenoxy) is 1. The monoisotopic (exact) mass is 295 g/mol. The zero-order chi connectivity index (χ0) is 15.4. The molecular formula is C12H17N5O4. The molecule has 0 aromatic carbocycles. The average Bonchev–Trinajstić information content (AvgIpc) is 2.47. The molecule has 1 aromatic rings. The van der Waals surface area contributed by atoms with Crippen LogP contribution in [-0.4, -0.2) is 48.2 Å². The van der Waals surface area contributed by atoms with E-state index in [1.807, 2.05) is 6.92 Å². The van der Waals surface area contributed by atoms with Crippen molar-refractivity contribution in [2.75, 3.05) is 36.5 Å². The summed E-state index contributed by atoms with van der Waals surface area (Å²) in [5, 5.41) is 14.0. The van der Waals surface area contributed by atoms with E-state index in [-0.39, 0.29) is 12.3 Å². The molecule has 1 atom stereocenters. The van der Waals surface area contributed by atoms with Crippen molar-refractivity contribution in [3.63, 3.8) is 0 Å². The third kappa shape index (κ3) is 3.37. The molecule has 21 heavy (non-hydrogen) atoms. The molecule has 0 spiro atoms. The quantitative estimate of drug-likeness (QED) is 0.583. The summed E-state index contributed by atoms with van der Waals surface area (Å²) in [5.74, 6) is 0.177. The number of aromatic nitrogens is 1. The van der Waals surface area contributed by atoms with Crippen LogP contribution in [0.5, 0.6) is 0 Å². The van der Waals surface area contributed by atoms with E-state index in [1.54, 1.807) is 4.90 Å². The lowest BCUT2D eigenvalue weighted by Gasteiger charge is -2.34. The molecule has 3 N–H and O–H groups in total. The van der Waals surface area contributed by atoms with Gasteiger partial charge in [-0.1, -0.05) is 0 Å². The predicted molar refractivity (Wildman–Crippen MR) is 76.2 cm³/mol. The Morgan fingerprint density at radius 2 is 2.43 bits per heavy atom. The molecule has 114 valence electrons. The molecule has 1 aromatic heterocycles. The second-order valence-corrected chi connectivity index (χ2v) is 4.54. The Labute approximate surface area is 121 Å². The summed E-state index contributed by atoms with van der Waals surface area (Å²) in [6, 6.07) is 2.01. The number of anilines is 2. The molecule has 2 rings (SSSR count). The van der Waals surface area contributed by atoms with Gasteiger partial charge in [-0.3, -0.25) is 14.9 Å². The maximum absolute atomic E-state index is 11.5. The first-order valence-electron chi connectivity index (χ1n) is 6.57. The number of carbonyl (C=O) groups excluding carboxylic acids is 1. The number of nitrogens with two attached hydrogens (primary N) is 1. The molecule has 1 unspecified atom stereocenters. The maximum Gasteiger partial charge on any atom is 0.276 e. The van der Waals surface area contributed by atoms with Crippen LogP contribution in [0.1, 0.15) is 6.92 Å². The Morgan fingerprint density at radius 3 is 3.05 bits per heavy atom. The normalized spacial score (nSPS) is 18.3. The minimum Gasteiger partial charge on any atom is -0.377 e. The molecule has 1 aliphatic rings. The van der Waals surface area contributed by atoms with Crippen molar-refractivity contribution in [3.05, 3.63) is 22.2 Å². The molecule has 1 aliphatic heterocycles. The van der Waals surface area contributed by atoms with E-state index in [1.165, 1.54) is 12.1 Å². The van der Waals surface area contributed by atoms with Crippen LogP contribution in [0.2, 0.25) is 0 Å². The van der Waals surface area contributed by atoms with E-state index in [9.17, 15) is 14.9 Å². The molecule has 0 aliphatic carbocycles. The number of carbonyl (C=O) groups is 1. The summed E-state index contributed by atoms with van der Waals surface area (Å²) in [7, 11) is 0. The molecule has 2 heterocycles. The molecule has 1 amide bonds. The molecule has 0 radical (unpaired) electrons. The highest BCUT2D eigenvalue weighted by Crippen LogP contribution is 2.25. The van der Waals surface area contributed by atoms with Gasteiger partial charge in [-0.2, -0.15) is 0 Å². The summed E-state index contributed by atoms with van der Waals surface area (Å²) < 4.78 is 5.23. The summed E-state index contributed by atoms with van der Waals surface area (Å²) in [6.45, 7) is 3.39. The lowest BCUT2D eigenvalue weighted by Crippen LogP contribution is -2.53. The lowest BCUT2D eigenvalue weighted by atomic mass is 10.2. The zero-order valence-corrected chi connectivity index (χ0v) is 11.6. The zero-order valence-electron chi connectivity index (χ0n) is 11.6. The predicted octanol–water partition coefficient (Wildman–Crippen LogP) is 0.112. The van der Waals surface area contributed by atoms with Gasteiger partial charge in [-0.15, -0.1) is 0 Å². The van der Waals surface area contributed by atoms with Crippen LogP contribution in [-0.2, 0) is 9.53 Å². The van der Waals surface area contributed by atoms with E-state index in [0.717, 1.165) is 0 Å². The van der Waals surface area contributed by atoms with Crippen molar-refractivity contribution in [3.8, 4) is 0 Å². The van der Waals surface area contributed by atoms with Gasteiger partial charge >= 0.3 is 0 Å². The molecule has 0 bridgehead atoms. The first-order valence-corrected chi connectivity index (χ1v) is 6.57. The maximum atomic E-state index is 11.5. The average molecular weight is 295 g/mol. The van der Waals surface area contributed by atoms with E-state index in [4.69, 9.17) is 10.5 Å². The van der Waals surface area contributed by atoms with Crippen LogP contribution in [0.25, 0.3) is 0 Å². The van der Waals surface area contributed by atoms with Gasteiger partial charge < -0.3 is 20.7 Å². The topological polar surface area (TPSA) is 124 Å².